The summed E-state index contributed by atoms with van der Waals surface area (Å²) < 4.78 is 0.735. The quantitative estimate of drug-likeness (QED) is 0.472. The second-order valence-corrected chi connectivity index (χ2v) is 1.77. The molecule has 0 saturated carbocycles. The fourth-order valence-corrected chi connectivity index (χ4v) is 0.580. The second kappa shape index (κ2) is 4.09. The zero-order valence-corrected chi connectivity index (χ0v) is 6.17. The van der Waals surface area contributed by atoms with Crippen molar-refractivity contribution >= 4 is 12.4 Å². The van der Waals surface area contributed by atoms with E-state index in [9.17, 15) is 5.21 Å². The highest BCUT2D eigenvalue weighted by molar-refractivity contribution is 5.85. The van der Waals surface area contributed by atoms with Gasteiger partial charge in [0.05, 0.1) is 0 Å². The number of aromatic nitrogens is 1. The summed E-state index contributed by atoms with van der Waals surface area (Å²) in [6, 6.07) is 3.40. The van der Waals surface area contributed by atoms with E-state index in [0.29, 0.717) is 6.54 Å². The highest BCUT2D eigenvalue weighted by Crippen LogP contribution is 1.90. The molecule has 0 aliphatic heterocycles. The molecule has 0 aliphatic rings. The summed E-state index contributed by atoms with van der Waals surface area (Å²) in [7, 11) is 0. The van der Waals surface area contributed by atoms with Crippen molar-refractivity contribution in [2.45, 2.75) is 6.54 Å². The van der Waals surface area contributed by atoms with Crippen LogP contribution in [0.15, 0.2) is 24.5 Å². The predicted octanol–water partition coefficient (Wildman–Crippen LogP) is 0.201. The molecule has 0 saturated heterocycles. The van der Waals surface area contributed by atoms with E-state index < -0.39 is 0 Å². The van der Waals surface area contributed by atoms with Crippen LogP contribution in [0, 0.1) is 5.21 Å². The smallest absolute Gasteiger partial charge is 0.180 e. The molecule has 1 heterocycles. The molecule has 0 atom stereocenters. The summed E-state index contributed by atoms with van der Waals surface area (Å²) in [5.74, 6) is 0. The number of hydrogen-bond acceptors (Lipinski definition) is 2. The first-order chi connectivity index (χ1) is 4.33. The van der Waals surface area contributed by atoms with Crippen molar-refractivity contribution in [1.29, 1.82) is 0 Å². The number of nitrogens with two attached hydrogens (primary N) is 1. The molecule has 1 aromatic heterocycles. The monoisotopic (exact) mass is 160 g/mol. The summed E-state index contributed by atoms with van der Waals surface area (Å²) in [5.41, 5.74) is 6.26. The molecule has 56 valence electrons. The molecule has 0 radical (unpaired) electrons. The minimum atomic E-state index is 0. The van der Waals surface area contributed by atoms with Crippen molar-refractivity contribution in [3.05, 3.63) is 35.3 Å². The van der Waals surface area contributed by atoms with Gasteiger partial charge in [0.1, 0.15) is 0 Å². The second-order valence-electron chi connectivity index (χ2n) is 1.77. The van der Waals surface area contributed by atoms with Crippen LogP contribution in [0.5, 0.6) is 0 Å². The lowest BCUT2D eigenvalue weighted by Gasteiger charge is -1.94. The SMILES string of the molecule is Cl.NCc1cc[n+]([O-])cc1. The van der Waals surface area contributed by atoms with Gasteiger partial charge in [0, 0.05) is 18.7 Å². The predicted molar refractivity (Wildman–Crippen MR) is 40.5 cm³/mol. The molecule has 3 nitrogen and oxygen atoms in total. The van der Waals surface area contributed by atoms with Crippen molar-refractivity contribution < 1.29 is 4.73 Å². The van der Waals surface area contributed by atoms with E-state index in [2.05, 4.69) is 0 Å². The molecule has 1 aromatic rings. The first-order valence-corrected chi connectivity index (χ1v) is 2.70. The Balaban J connectivity index is 0.000000810. The molecule has 4 heteroatoms. The normalized spacial score (nSPS) is 8.50. The van der Waals surface area contributed by atoms with Crippen molar-refractivity contribution in [3.8, 4) is 0 Å². The minimum absolute atomic E-state index is 0. The number of hydrogen-bond donors (Lipinski definition) is 1. The van der Waals surface area contributed by atoms with Gasteiger partial charge in [-0.05, 0) is 5.56 Å². The molecule has 0 aromatic carbocycles. The van der Waals surface area contributed by atoms with E-state index in [0.717, 1.165) is 10.3 Å². The maximum absolute atomic E-state index is 10.4. The Morgan fingerprint density at radius 2 is 1.90 bits per heavy atom. The third-order valence-corrected chi connectivity index (χ3v) is 1.11. The van der Waals surface area contributed by atoms with E-state index in [4.69, 9.17) is 5.73 Å². The Bertz CT molecular complexity index is 187. The van der Waals surface area contributed by atoms with Gasteiger partial charge in [-0.25, -0.2) is 0 Å². The van der Waals surface area contributed by atoms with E-state index in [1.54, 1.807) is 12.1 Å². The van der Waals surface area contributed by atoms with Gasteiger partial charge in [-0.3, -0.25) is 0 Å². The van der Waals surface area contributed by atoms with Crippen LogP contribution in [0.4, 0.5) is 0 Å². The van der Waals surface area contributed by atoms with E-state index >= 15 is 0 Å². The van der Waals surface area contributed by atoms with Crippen LogP contribution in [-0.4, -0.2) is 0 Å². The van der Waals surface area contributed by atoms with Crippen LogP contribution in [0.2, 0.25) is 0 Å². The molecular formula is C6H9ClN2O. The topological polar surface area (TPSA) is 53.0 Å². The molecule has 0 fully saturated rings. The lowest BCUT2D eigenvalue weighted by molar-refractivity contribution is -0.605. The molecular weight excluding hydrogens is 152 g/mol. The first kappa shape index (κ1) is 9.20. The maximum Gasteiger partial charge on any atom is 0.180 e. The van der Waals surface area contributed by atoms with E-state index in [1.807, 2.05) is 0 Å². The van der Waals surface area contributed by atoms with E-state index in [1.165, 1.54) is 12.4 Å². The molecule has 0 spiro atoms. The van der Waals surface area contributed by atoms with Crippen molar-refractivity contribution in [1.82, 2.24) is 0 Å². The van der Waals surface area contributed by atoms with Gasteiger partial charge in [0.2, 0.25) is 0 Å². The average Bonchev–Trinajstić information content (AvgIpc) is 1.90. The van der Waals surface area contributed by atoms with Crippen LogP contribution in [0.3, 0.4) is 0 Å². The standard InChI is InChI=1S/C6H8N2O.ClH/c7-5-6-1-3-8(9)4-2-6;/h1-4H,5,7H2;1H. The first-order valence-electron chi connectivity index (χ1n) is 2.70. The minimum Gasteiger partial charge on any atom is -0.619 e. The number of rotatable bonds is 1. The van der Waals surface area contributed by atoms with Gasteiger partial charge in [0.15, 0.2) is 12.4 Å². The molecule has 1 rings (SSSR count). The largest absolute Gasteiger partial charge is 0.619 e. The van der Waals surface area contributed by atoms with Crippen LogP contribution in [-0.2, 0) is 6.54 Å². The Labute approximate surface area is 65.5 Å². The highest BCUT2D eigenvalue weighted by Gasteiger charge is 1.88. The van der Waals surface area contributed by atoms with Crippen LogP contribution in [0.1, 0.15) is 5.56 Å². The summed E-state index contributed by atoms with van der Waals surface area (Å²) in [5, 5.41) is 10.4. The van der Waals surface area contributed by atoms with Crippen LogP contribution in [0.25, 0.3) is 0 Å². The zero-order valence-electron chi connectivity index (χ0n) is 5.36. The maximum atomic E-state index is 10.4. The number of halogens is 1. The molecule has 2 N–H and O–H groups in total. The molecule has 10 heavy (non-hydrogen) atoms. The van der Waals surface area contributed by atoms with Crippen LogP contribution < -0.4 is 10.5 Å². The van der Waals surface area contributed by atoms with E-state index in [-0.39, 0.29) is 12.4 Å². The third kappa shape index (κ3) is 2.21. The zero-order chi connectivity index (χ0) is 6.69. The van der Waals surface area contributed by atoms with Gasteiger partial charge in [-0.15, -0.1) is 12.4 Å². The Kier molecular flexibility index (Phi) is 3.76. The lowest BCUT2D eigenvalue weighted by atomic mass is 10.3. The summed E-state index contributed by atoms with van der Waals surface area (Å²) in [6.45, 7) is 0.487. The summed E-state index contributed by atoms with van der Waals surface area (Å²) in [4.78, 5) is 0. The Hall–Kier alpha value is -0.800. The summed E-state index contributed by atoms with van der Waals surface area (Å²) in [6.07, 6.45) is 2.87. The van der Waals surface area contributed by atoms with Crippen molar-refractivity contribution in [2.75, 3.05) is 0 Å². The highest BCUT2D eigenvalue weighted by atomic mass is 35.5. The fourth-order valence-electron chi connectivity index (χ4n) is 0.580. The Morgan fingerprint density at radius 1 is 1.40 bits per heavy atom. The molecule has 0 amide bonds. The van der Waals surface area contributed by atoms with Crippen molar-refractivity contribution in [2.24, 2.45) is 5.73 Å². The van der Waals surface area contributed by atoms with Gasteiger partial charge >= 0.3 is 0 Å². The number of pyridine rings is 1. The van der Waals surface area contributed by atoms with Crippen molar-refractivity contribution in [3.63, 3.8) is 0 Å². The number of nitrogens with zero attached hydrogens (tertiary/aromatic N) is 1. The van der Waals surface area contributed by atoms with Gasteiger partial charge in [0.25, 0.3) is 0 Å². The average molecular weight is 161 g/mol. The van der Waals surface area contributed by atoms with Gasteiger partial charge in [-0.2, -0.15) is 4.73 Å². The van der Waals surface area contributed by atoms with Gasteiger partial charge < -0.3 is 10.9 Å². The summed E-state index contributed by atoms with van der Waals surface area (Å²) >= 11 is 0. The third-order valence-electron chi connectivity index (χ3n) is 1.11. The molecule has 0 aliphatic carbocycles. The van der Waals surface area contributed by atoms with Gasteiger partial charge in [-0.1, -0.05) is 0 Å². The molecule has 0 unspecified atom stereocenters. The lowest BCUT2D eigenvalue weighted by Crippen LogP contribution is -2.23. The fraction of sp³-hybridized carbons (Fsp3) is 0.167. The molecule has 0 bridgehead atoms. The van der Waals surface area contributed by atoms with Crippen LogP contribution >= 0.6 is 12.4 Å². The Morgan fingerprint density at radius 3 is 2.30 bits per heavy atom.